The van der Waals surface area contributed by atoms with Crippen LogP contribution in [-0.4, -0.2) is 37.6 Å². The number of rotatable bonds is 4. The van der Waals surface area contributed by atoms with Crippen LogP contribution in [0.1, 0.15) is 5.56 Å². The van der Waals surface area contributed by atoms with E-state index in [-0.39, 0.29) is 15.1 Å². The van der Waals surface area contributed by atoms with Gasteiger partial charge in [-0.1, -0.05) is 0 Å². The molecule has 1 heterocycles. The van der Waals surface area contributed by atoms with Gasteiger partial charge in [0.2, 0.25) is 0 Å². The molecular formula is C8H10F3NO3S2. The molecule has 0 saturated heterocycles. The van der Waals surface area contributed by atoms with Crippen molar-refractivity contribution in [2.75, 3.05) is 13.6 Å². The van der Waals surface area contributed by atoms with E-state index in [1.165, 1.54) is 5.38 Å². The SMILES string of the molecule is CN(CC(F)(F)F)S(=O)(=O)c1cc(CO)cs1. The highest BCUT2D eigenvalue weighted by Crippen LogP contribution is 2.25. The van der Waals surface area contributed by atoms with Gasteiger partial charge in [0.25, 0.3) is 10.0 Å². The zero-order valence-corrected chi connectivity index (χ0v) is 10.4. The lowest BCUT2D eigenvalue weighted by Crippen LogP contribution is -2.35. The van der Waals surface area contributed by atoms with E-state index in [1.807, 2.05) is 0 Å². The summed E-state index contributed by atoms with van der Waals surface area (Å²) >= 11 is 0.778. The third kappa shape index (κ3) is 3.66. The smallest absolute Gasteiger partial charge is 0.392 e. The van der Waals surface area contributed by atoms with Gasteiger partial charge in [0, 0.05) is 7.05 Å². The zero-order valence-electron chi connectivity index (χ0n) is 8.73. The van der Waals surface area contributed by atoms with Crippen molar-refractivity contribution in [1.82, 2.24) is 4.31 Å². The molecule has 9 heteroatoms. The minimum Gasteiger partial charge on any atom is -0.392 e. The Morgan fingerprint density at radius 1 is 1.47 bits per heavy atom. The first-order valence-corrected chi connectivity index (χ1v) is 6.70. The Morgan fingerprint density at radius 3 is 2.47 bits per heavy atom. The van der Waals surface area contributed by atoms with Crippen LogP contribution < -0.4 is 0 Å². The van der Waals surface area contributed by atoms with Crippen LogP contribution in [0.15, 0.2) is 15.7 Å². The Kier molecular flexibility index (Phi) is 4.18. The predicted molar refractivity (Wildman–Crippen MR) is 56.1 cm³/mol. The van der Waals surface area contributed by atoms with E-state index in [0.717, 1.165) is 24.5 Å². The highest BCUT2D eigenvalue weighted by molar-refractivity contribution is 7.91. The second-order valence-corrected chi connectivity index (χ2v) is 6.49. The number of nitrogens with zero attached hydrogens (tertiary/aromatic N) is 1. The molecule has 0 bridgehead atoms. The van der Waals surface area contributed by atoms with Crippen LogP contribution in [0, 0.1) is 0 Å². The number of hydrogen-bond acceptors (Lipinski definition) is 4. The van der Waals surface area contributed by atoms with E-state index in [9.17, 15) is 21.6 Å². The summed E-state index contributed by atoms with van der Waals surface area (Å²) in [5, 5.41) is 10.1. The average Bonchev–Trinajstić information content (AvgIpc) is 2.63. The maximum absolute atomic E-state index is 12.1. The molecule has 1 aromatic rings. The van der Waals surface area contributed by atoms with E-state index in [2.05, 4.69) is 0 Å². The molecule has 4 nitrogen and oxygen atoms in total. The summed E-state index contributed by atoms with van der Waals surface area (Å²) in [6, 6.07) is 1.16. The van der Waals surface area contributed by atoms with Crippen LogP contribution in [0.2, 0.25) is 0 Å². The Balaban J connectivity index is 2.95. The molecule has 0 amide bonds. The second-order valence-electron chi connectivity index (χ2n) is 3.31. The van der Waals surface area contributed by atoms with E-state index in [0.29, 0.717) is 5.56 Å². The van der Waals surface area contributed by atoms with Crippen molar-refractivity contribution in [3.63, 3.8) is 0 Å². The van der Waals surface area contributed by atoms with Crippen LogP contribution in [-0.2, 0) is 16.6 Å². The van der Waals surface area contributed by atoms with Gasteiger partial charge in [0.15, 0.2) is 0 Å². The molecule has 0 radical (unpaired) electrons. The number of hydrogen-bond donors (Lipinski definition) is 1. The van der Waals surface area contributed by atoms with Crippen molar-refractivity contribution in [1.29, 1.82) is 0 Å². The summed E-state index contributed by atoms with van der Waals surface area (Å²) in [5.41, 5.74) is 0.356. The first-order valence-electron chi connectivity index (χ1n) is 4.38. The van der Waals surface area contributed by atoms with E-state index >= 15 is 0 Å². The van der Waals surface area contributed by atoms with Gasteiger partial charge in [0.1, 0.15) is 10.8 Å². The number of aliphatic hydroxyl groups is 1. The van der Waals surface area contributed by atoms with Crippen LogP contribution >= 0.6 is 11.3 Å². The molecule has 0 fully saturated rings. The summed E-state index contributed by atoms with van der Waals surface area (Å²) in [5.74, 6) is 0. The molecule has 17 heavy (non-hydrogen) atoms. The maximum Gasteiger partial charge on any atom is 0.402 e. The predicted octanol–water partition coefficient (Wildman–Crippen LogP) is 1.42. The van der Waals surface area contributed by atoms with E-state index in [1.54, 1.807) is 0 Å². The van der Waals surface area contributed by atoms with E-state index < -0.39 is 22.7 Å². The third-order valence-electron chi connectivity index (χ3n) is 1.88. The lowest BCUT2D eigenvalue weighted by atomic mass is 10.4. The molecule has 1 rings (SSSR count). The van der Waals surface area contributed by atoms with Crippen molar-refractivity contribution < 1.29 is 26.7 Å². The van der Waals surface area contributed by atoms with Gasteiger partial charge in [-0.05, 0) is 17.0 Å². The maximum atomic E-state index is 12.1. The monoisotopic (exact) mass is 289 g/mol. The first-order chi connectivity index (χ1) is 7.66. The van der Waals surface area contributed by atoms with Crippen LogP contribution in [0.25, 0.3) is 0 Å². The van der Waals surface area contributed by atoms with E-state index in [4.69, 9.17) is 5.11 Å². The molecule has 0 spiro atoms. The molecule has 0 aliphatic heterocycles. The van der Waals surface area contributed by atoms with Gasteiger partial charge in [-0.15, -0.1) is 11.3 Å². The quantitative estimate of drug-likeness (QED) is 0.912. The summed E-state index contributed by atoms with van der Waals surface area (Å²) in [7, 11) is -3.28. The zero-order chi connectivity index (χ0) is 13.3. The molecule has 1 aromatic heterocycles. The number of aliphatic hydroxyl groups excluding tert-OH is 1. The lowest BCUT2D eigenvalue weighted by Gasteiger charge is -2.17. The molecule has 0 atom stereocenters. The fourth-order valence-corrected chi connectivity index (χ4v) is 3.63. The Labute approximate surface area is 100 Å². The first kappa shape index (κ1) is 14.4. The van der Waals surface area contributed by atoms with Crippen molar-refractivity contribution in [3.8, 4) is 0 Å². The topological polar surface area (TPSA) is 57.6 Å². The van der Waals surface area contributed by atoms with Crippen LogP contribution in [0.4, 0.5) is 13.2 Å². The molecular weight excluding hydrogens is 279 g/mol. The minimum absolute atomic E-state index is 0.215. The summed E-state index contributed by atoms with van der Waals surface area (Å²) in [6.07, 6.45) is -4.58. The molecule has 0 aliphatic carbocycles. The van der Waals surface area contributed by atoms with Gasteiger partial charge in [-0.2, -0.15) is 17.5 Å². The largest absolute Gasteiger partial charge is 0.402 e. The van der Waals surface area contributed by atoms with Crippen molar-refractivity contribution in [3.05, 3.63) is 17.0 Å². The number of halogens is 3. The van der Waals surface area contributed by atoms with Gasteiger partial charge in [0.05, 0.1) is 6.61 Å². The van der Waals surface area contributed by atoms with Gasteiger partial charge in [-0.25, -0.2) is 8.42 Å². The average molecular weight is 289 g/mol. The molecule has 0 aliphatic rings. The van der Waals surface area contributed by atoms with Gasteiger partial charge >= 0.3 is 6.18 Å². The standard InChI is InChI=1S/C8H10F3NO3S2/c1-12(5-8(9,10)11)17(14,15)7-2-6(3-13)4-16-7/h2,4,13H,3,5H2,1H3. The Bertz CT molecular complexity index is 480. The number of sulfonamides is 1. The third-order valence-corrected chi connectivity index (χ3v) is 5.15. The summed E-state index contributed by atoms with van der Waals surface area (Å²) < 4.78 is 59.7. The normalized spacial score (nSPS) is 13.3. The molecule has 0 unspecified atom stereocenters. The van der Waals surface area contributed by atoms with Crippen LogP contribution in [0.5, 0.6) is 0 Å². The number of alkyl halides is 3. The summed E-state index contributed by atoms with van der Waals surface area (Å²) in [6.45, 7) is -1.89. The minimum atomic E-state index is -4.58. The Hall–Kier alpha value is -0.640. The van der Waals surface area contributed by atoms with Crippen molar-refractivity contribution in [2.24, 2.45) is 0 Å². The lowest BCUT2D eigenvalue weighted by molar-refractivity contribution is -0.134. The fourth-order valence-electron chi connectivity index (χ4n) is 1.06. The van der Waals surface area contributed by atoms with Crippen LogP contribution in [0.3, 0.4) is 0 Å². The number of thiophene rings is 1. The molecule has 98 valence electrons. The fraction of sp³-hybridized carbons (Fsp3) is 0.500. The highest BCUT2D eigenvalue weighted by atomic mass is 32.2. The van der Waals surface area contributed by atoms with Gasteiger partial charge in [-0.3, -0.25) is 0 Å². The molecule has 1 N–H and O–H groups in total. The van der Waals surface area contributed by atoms with Crippen molar-refractivity contribution in [2.45, 2.75) is 17.0 Å². The summed E-state index contributed by atoms with van der Waals surface area (Å²) in [4.78, 5) is 0. The van der Waals surface area contributed by atoms with Crippen molar-refractivity contribution >= 4 is 21.4 Å². The van der Waals surface area contributed by atoms with Gasteiger partial charge < -0.3 is 5.11 Å². The molecule has 0 aromatic carbocycles. The second kappa shape index (κ2) is 4.92. The Morgan fingerprint density at radius 2 is 2.06 bits per heavy atom. The molecule has 0 saturated carbocycles. The highest BCUT2D eigenvalue weighted by Gasteiger charge is 2.35.